The van der Waals surface area contributed by atoms with E-state index in [2.05, 4.69) is 30.5 Å². The number of rotatable bonds is 6. The molecule has 0 radical (unpaired) electrons. The summed E-state index contributed by atoms with van der Waals surface area (Å²) in [6, 6.07) is 6.02. The molecule has 1 aliphatic heterocycles. The van der Waals surface area contributed by atoms with Crippen molar-refractivity contribution in [2.75, 3.05) is 36.4 Å². The van der Waals surface area contributed by atoms with Gasteiger partial charge < -0.3 is 25.7 Å². The molecule has 0 aliphatic carbocycles. The molecular weight excluding hydrogens is 376 g/mol. The molecule has 0 saturated carbocycles. The number of nitrogens with one attached hydrogen (secondary N) is 2. The Hall–Kier alpha value is -3.53. The Morgan fingerprint density at radius 3 is 2.45 bits per heavy atom. The average Bonchev–Trinajstić information content (AvgIpc) is 2.72. The molecule has 1 aliphatic rings. The first-order valence-electron chi connectivity index (χ1n) is 9.02. The molecule has 0 spiro atoms. The standard InChI is InChI=1S/C15H20N6.C4H4O4/c1-12-3-2-4-13(19-12)9-18-14-10-17-11-15(20-14)21-7-5-16-6-8-21;5-3(6)1-2-4(7)8/h2-4,10-11,16H,5-9H2,1H3,(H,18,20);1-2H,(H,5,6)(H,7,8)/b;2-1+. The lowest BCUT2D eigenvalue weighted by atomic mass is 10.3. The lowest BCUT2D eigenvalue weighted by Crippen LogP contribution is -2.44. The van der Waals surface area contributed by atoms with Gasteiger partial charge in [-0.3, -0.25) is 9.97 Å². The fraction of sp³-hybridized carbons (Fsp3) is 0.316. The van der Waals surface area contributed by atoms with Gasteiger partial charge in [0.1, 0.15) is 11.6 Å². The molecular formula is C19H24N6O4. The van der Waals surface area contributed by atoms with E-state index < -0.39 is 11.9 Å². The molecule has 29 heavy (non-hydrogen) atoms. The number of carboxylic acid groups (broad SMARTS) is 2. The second-order valence-electron chi connectivity index (χ2n) is 6.13. The number of anilines is 2. The van der Waals surface area contributed by atoms with Crippen LogP contribution in [0.3, 0.4) is 0 Å². The minimum Gasteiger partial charge on any atom is -0.478 e. The molecule has 0 unspecified atom stereocenters. The van der Waals surface area contributed by atoms with Crippen molar-refractivity contribution in [2.24, 2.45) is 0 Å². The van der Waals surface area contributed by atoms with Crippen LogP contribution in [0.25, 0.3) is 0 Å². The Balaban J connectivity index is 0.000000321. The largest absolute Gasteiger partial charge is 0.478 e. The summed E-state index contributed by atoms with van der Waals surface area (Å²) in [6.45, 7) is 6.57. The number of carbonyl (C=O) groups is 2. The van der Waals surface area contributed by atoms with Crippen LogP contribution in [0.1, 0.15) is 11.4 Å². The summed E-state index contributed by atoms with van der Waals surface area (Å²) in [5.41, 5.74) is 2.03. The smallest absolute Gasteiger partial charge is 0.328 e. The van der Waals surface area contributed by atoms with Crippen LogP contribution < -0.4 is 15.5 Å². The maximum atomic E-state index is 9.55. The van der Waals surface area contributed by atoms with Crippen LogP contribution in [0.2, 0.25) is 0 Å². The van der Waals surface area contributed by atoms with Crippen LogP contribution in [0.15, 0.2) is 42.7 Å². The quantitative estimate of drug-likeness (QED) is 0.517. The molecule has 3 rings (SSSR count). The van der Waals surface area contributed by atoms with Gasteiger partial charge in [0.25, 0.3) is 0 Å². The highest BCUT2D eigenvalue weighted by Crippen LogP contribution is 2.13. The normalized spacial score (nSPS) is 13.5. The van der Waals surface area contributed by atoms with Crippen molar-refractivity contribution in [1.82, 2.24) is 20.3 Å². The summed E-state index contributed by atoms with van der Waals surface area (Å²) < 4.78 is 0. The third-order valence-corrected chi connectivity index (χ3v) is 3.83. The predicted octanol–water partition coefficient (Wildman–Crippen LogP) is 0.914. The number of aryl methyl sites for hydroxylation is 1. The average molecular weight is 400 g/mol. The van der Waals surface area contributed by atoms with Crippen LogP contribution in [-0.4, -0.2) is 63.3 Å². The van der Waals surface area contributed by atoms with Gasteiger partial charge in [-0.05, 0) is 19.1 Å². The predicted molar refractivity (Wildman–Crippen MR) is 108 cm³/mol. The highest BCUT2D eigenvalue weighted by atomic mass is 16.4. The number of aliphatic carboxylic acids is 2. The molecule has 1 fully saturated rings. The highest BCUT2D eigenvalue weighted by Gasteiger charge is 2.12. The van der Waals surface area contributed by atoms with E-state index in [4.69, 9.17) is 10.2 Å². The van der Waals surface area contributed by atoms with Crippen molar-refractivity contribution < 1.29 is 19.8 Å². The molecule has 2 aromatic rings. The zero-order chi connectivity index (χ0) is 21.1. The maximum absolute atomic E-state index is 9.55. The third-order valence-electron chi connectivity index (χ3n) is 3.83. The lowest BCUT2D eigenvalue weighted by molar-refractivity contribution is -0.134. The molecule has 3 heterocycles. The minimum atomic E-state index is -1.26. The number of piperazine rings is 1. The number of hydrogen-bond donors (Lipinski definition) is 4. The summed E-state index contributed by atoms with van der Waals surface area (Å²) >= 11 is 0. The highest BCUT2D eigenvalue weighted by molar-refractivity contribution is 5.89. The van der Waals surface area contributed by atoms with Crippen LogP contribution >= 0.6 is 0 Å². The molecule has 1 saturated heterocycles. The monoisotopic (exact) mass is 400 g/mol. The summed E-state index contributed by atoms with van der Waals surface area (Å²) in [7, 11) is 0. The fourth-order valence-electron chi connectivity index (χ4n) is 2.51. The van der Waals surface area contributed by atoms with Gasteiger partial charge in [0.15, 0.2) is 0 Å². The summed E-state index contributed by atoms with van der Waals surface area (Å²) in [6.07, 6.45) is 4.69. The summed E-state index contributed by atoms with van der Waals surface area (Å²) in [5.74, 6) is -0.798. The summed E-state index contributed by atoms with van der Waals surface area (Å²) in [4.78, 5) is 34.7. The van der Waals surface area contributed by atoms with E-state index in [1.165, 1.54) is 0 Å². The first-order valence-corrected chi connectivity index (χ1v) is 9.02. The van der Waals surface area contributed by atoms with E-state index in [1.807, 2.05) is 31.3 Å². The van der Waals surface area contributed by atoms with E-state index in [1.54, 1.807) is 6.20 Å². The molecule has 10 nitrogen and oxygen atoms in total. The third kappa shape index (κ3) is 8.35. The Kier molecular flexibility index (Phi) is 8.51. The van der Waals surface area contributed by atoms with Crippen LogP contribution in [0.5, 0.6) is 0 Å². The van der Waals surface area contributed by atoms with Crippen LogP contribution in [-0.2, 0) is 16.1 Å². The van der Waals surface area contributed by atoms with Gasteiger partial charge in [-0.1, -0.05) is 6.07 Å². The molecule has 10 heteroatoms. The van der Waals surface area contributed by atoms with E-state index in [-0.39, 0.29) is 0 Å². The van der Waals surface area contributed by atoms with Crippen molar-refractivity contribution in [3.05, 3.63) is 54.1 Å². The molecule has 0 aromatic carbocycles. The molecule has 0 atom stereocenters. The van der Waals surface area contributed by atoms with Crippen molar-refractivity contribution in [2.45, 2.75) is 13.5 Å². The molecule has 0 amide bonds. The number of hydrogen-bond acceptors (Lipinski definition) is 8. The van der Waals surface area contributed by atoms with Crippen molar-refractivity contribution >= 4 is 23.6 Å². The Morgan fingerprint density at radius 2 is 1.83 bits per heavy atom. The number of pyridine rings is 1. The minimum absolute atomic E-state index is 0.558. The van der Waals surface area contributed by atoms with E-state index >= 15 is 0 Å². The van der Waals surface area contributed by atoms with Crippen LogP contribution in [0, 0.1) is 6.92 Å². The van der Waals surface area contributed by atoms with Crippen molar-refractivity contribution in [3.63, 3.8) is 0 Å². The van der Waals surface area contributed by atoms with Crippen LogP contribution in [0.4, 0.5) is 11.6 Å². The van der Waals surface area contributed by atoms with E-state index in [0.29, 0.717) is 18.7 Å². The fourth-order valence-corrected chi connectivity index (χ4v) is 2.51. The van der Waals surface area contributed by atoms with Crippen molar-refractivity contribution in [1.29, 1.82) is 0 Å². The number of nitrogens with zero attached hydrogens (tertiary/aromatic N) is 4. The first-order chi connectivity index (χ1) is 13.9. The zero-order valence-electron chi connectivity index (χ0n) is 16.1. The second-order valence-corrected chi connectivity index (χ2v) is 6.13. The Labute approximate surface area is 168 Å². The Bertz CT molecular complexity index is 836. The molecule has 2 aromatic heterocycles. The second kappa shape index (κ2) is 11.3. The van der Waals surface area contributed by atoms with E-state index in [0.717, 1.165) is 49.2 Å². The van der Waals surface area contributed by atoms with Gasteiger partial charge >= 0.3 is 11.9 Å². The SMILES string of the molecule is Cc1cccc(CNc2cncc(N3CCNCC3)n2)n1.O=C(O)/C=C/C(=O)O. The van der Waals surface area contributed by atoms with Gasteiger partial charge in [0.05, 0.1) is 24.6 Å². The van der Waals surface area contributed by atoms with Gasteiger partial charge in [-0.15, -0.1) is 0 Å². The van der Waals surface area contributed by atoms with Gasteiger partial charge in [-0.25, -0.2) is 14.6 Å². The number of carboxylic acids is 2. The van der Waals surface area contributed by atoms with Gasteiger partial charge in [0, 0.05) is 44.0 Å². The molecule has 154 valence electrons. The topological polar surface area (TPSA) is 141 Å². The first kappa shape index (κ1) is 21.8. The lowest BCUT2D eigenvalue weighted by Gasteiger charge is -2.28. The zero-order valence-corrected chi connectivity index (χ0v) is 16.1. The molecule has 4 N–H and O–H groups in total. The van der Waals surface area contributed by atoms with Crippen molar-refractivity contribution in [3.8, 4) is 0 Å². The summed E-state index contributed by atoms with van der Waals surface area (Å²) in [5, 5.41) is 22.3. The van der Waals surface area contributed by atoms with Gasteiger partial charge in [-0.2, -0.15) is 0 Å². The number of aromatic nitrogens is 3. The maximum Gasteiger partial charge on any atom is 0.328 e. The molecule has 0 bridgehead atoms. The Morgan fingerprint density at radius 1 is 1.14 bits per heavy atom. The van der Waals surface area contributed by atoms with E-state index in [9.17, 15) is 9.59 Å². The van der Waals surface area contributed by atoms with Gasteiger partial charge in [0.2, 0.25) is 0 Å².